The van der Waals surface area contributed by atoms with E-state index in [2.05, 4.69) is 40.8 Å². The molecule has 0 aliphatic carbocycles. The number of piperazine rings is 1. The van der Waals surface area contributed by atoms with Crippen molar-refractivity contribution in [2.75, 3.05) is 44.7 Å². The summed E-state index contributed by atoms with van der Waals surface area (Å²) in [5.74, 6) is 0.117. The van der Waals surface area contributed by atoms with Gasteiger partial charge in [0.05, 0.1) is 19.2 Å². The highest BCUT2D eigenvalue weighted by molar-refractivity contribution is 6.22. The van der Waals surface area contributed by atoms with Crippen molar-refractivity contribution in [3.05, 3.63) is 47.8 Å². The van der Waals surface area contributed by atoms with Gasteiger partial charge in [0.2, 0.25) is 5.91 Å². The van der Waals surface area contributed by atoms with Crippen LogP contribution in [0.2, 0.25) is 0 Å². The molecule has 2 aromatic rings. The van der Waals surface area contributed by atoms with Crippen LogP contribution in [-0.4, -0.2) is 78.1 Å². The van der Waals surface area contributed by atoms with E-state index in [1.54, 1.807) is 36.3 Å². The molecule has 1 aromatic carbocycles. The van der Waals surface area contributed by atoms with Crippen LogP contribution in [0.4, 0.5) is 10.5 Å². The number of urea groups is 1. The molecule has 9 heteroatoms. The lowest BCUT2D eigenvalue weighted by molar-refractivity contribution is -0.135. The Morgan fingerprint density at radius 2 is 1.61 bits per heavy atom. The zero-order valence-electron chi connectivity index (χ0n) is 19.4. The SMILES string of the molecule is COc1ccc(N2C(=O)N[C@@H](CC(=O)N3CCN(CCn4c(C)ccc4C)CC3)C2=O)cc1. The first-order valence-corrected chi connectivity index (χ1v) is 11.3. The highest BCUT2D eigenvalue weighted by Crippen LogP contribution is 2.24. The average Bonchev–Trinajstić information content (AvgIpc) is 3.29. The van der Waals surface area contributed by atoms with Gasteiger partial charge in [-0.2, -0.15) is 0 Å². The van der Waals surface area contributed by atoms with Crippen molar-refractivity contribution in [1.29, 1.82) is 0 Å². The highest BCUT2D eigenvalue weighted by Gasteiger charge is 2.40. The number of imide groups is 1. The third-order valence-corrected chi connectivity index (χ3v) is 6.51. The summed E-state index contributed by atoms with van der Waals surface area (Å²) in [6.45, 7) is 8.95. The van der Waals surface area contributed by atoms with Crippen LogP contribution in [0.25, 0.3) is 0 Å². The molecular weight excluding hydrogens is 422 g/mol. The predicted octanol–water partition coefficient (Wildman–Crippen LogP) is 1.77. The Hall–Kier alpha value is -3.33. The van der Waals surface area contributed by atoms with E-state index in [9.17, 15) is 14.4 Å². The molecular formula is C24H31N5O4. The Bertz CT molecular complexity index is 1000. The number of ether oxygens (including phenoxy) is 1. The molecule has 9 nitrogen and oxygen atoms in total. The molecule has 2 aliphatic rings. The molecule has 1 aromatic heterocycles. The molecule has 33 heavy (non-hydrogen) atoms. The molecule has 0 bridgehead atoms. The Morgan fingerprint density at radius 3 is 2.21 bits per heavy atom. The van der Waals surface area contributed by atoms with Gasteiger partial charge in [-0.05, 0) is 50.2 Å². The fourth-order valence-corrected chi connectivity index (χ4v) is 4.46. The number of hydrogen-bond acceptors (Lipinski definition) is 5. The normalized spacial score (nSPS) is 19.2. The monoisotopic (exact) mass is 453 g/mol. The summed E-state index contributed by atoms with van der Waals surface area (Å²) in [6.07, 6.45) is -0.0288. The van der Waals surface area contributed by atoms with Crippen LogP contribution < -0.4 is 15.0 Å². The maximum atomic E-state index is 12.8. The number of carbonyl (C=O) groups is 3. The Labute approximate surface area is 193 Å². The van der Waals surface area contributed by atoms with Crippen molar-refractivity contribution >= 4 is 23.5 Å². The number of hydrogen-bond donors (Lipinski definition) is 1. The number of rotatable bonds is 7. The van der Waals surface area contributed by atoms with E-state index in [-0.39, 0.29) is 12.3 Å². The van der Waals surface area contributed by atoms with Crippen molar-refractivity contribution in [2.24, 2.45) is 0 Å². The first kappa shape index (κ1) is 22.8. The zero-order chi connectivity index (χ0) is 23.5. The fraction of sp³-hybridized carbons (Fsp3) is 0.458. The molecule has 2 saturated heterocycles. The van der Waals surface area contributed by atoms with Crippen LogP contribution in [0.15, 0.2) is 36.4 Å². The van der Waals surface area contributed by atoms with Crippen LogP contribution in [0, 0.1) is 13.8 Å². The third kappa shape index (κ3) is 4.88. The average molecular weight is 454 g/mol. The number of aryl methyl sites for hydroxylation is 2. The molecule has 0 saturated carbocycles. The molecule has 2 aliphatic heterocycles. The summed E-state index contributed by atoms with van der Waals surface area (Å²) in [5, 5.41) is 2.65. The van der Waals surface area contributed by atoms with Crippen LogP contribution in [0.5, 0.6) is 5.75 Å². The molecule has 176 valence electrons. The first-order valence-electron chi connectivity index (χ1n) is 11.3. The van der Waals surface area contributed by atoms with Gasteiger partial charge in [0.25, 0.3) is 5.91 Å². The Morgan fingerprint density at radius 1 is 0.970 bits per heavy atom. The summed E-state index contributed by atoms with van der Waals surface area (Å²) >= 11 is 0. The molecule has 4 amide bonds. The van der Waals surface area contributed by atoms with E-state index in [4.69, 9.17) is 4.74 Å². The largest absolute Gasteiger partial charge is 0.497 e. The number of aromatic nitrogens is 1. The van der Waals surface area contributed by atoms with E-state index >= 15 is 0 Å². The van der Waals surface area contributed by atoms with Gasteiger partial charge in [0, 0.05) is 50.7 Å². The summed E-state index contributed by atoms with van der Waals surface area (Å²) in [5.41, 5.74) is 2.97. The van der Waals surface area contributed by atoms with Crippen LogP contribution >= 0.6 is 0 Å². The van der Waals surface area contributed by atoms with Gasteiger partial charge in [-0.15, -0.1) is 0 Å². The molecule has 0 radical (unpaired) electrons. The van der Waals surface area contributed by atoms with Gasteiger partial charge in [-0.1, -0.05) is 0 Å². The summed E-state index contributed by atoms with van der Waals surface area (Å²) in [6, 6.07) is 9.58. The van der Waals surface area contributed by atoms with Crippen molar-refractivity contribution in [3.8, 4) is 5.75 Å². The lowest BCUT2D eigenvalue weighted by atomic mass is 10.1. The zero-order valence-corrected chi connectivity index (χ0v) is 19.4. The second kappa shape index (κ2) is 9.66. The first-order chi connectivity index (χ1) is 15.9. The van der Waals surface area contributed by atoms with Gasteiger partial charge in [0.1, 0.15) is 11.8 Å². The topological polar surface area (TPSA) is 87.1 Å². The van der Waals surface area contributed by atoms with Crippen molar-refractivity contribution in [2.45, 2.75) is 32.9 Å². The number of carbonyl (C=O) groups excluding carboxylic acids is 3. The number of nitrogens with one attached hydrogen (secondary N) is 1. The van der Waals surface area contributed by atoms with E-state index < -0.39 is 18.0 Å². The van der Waals surface area contributed by atoms with Crippen LogP contribution in [-0.2, 0) is 16.1 Å². The Balaban J connectivity index is 1.27. The van der Waals surface area contributed by atoms with Gasteiger partial charge in [-0.25, -0.2) is 9.69 Å². The minimum Gasteiger partial charge on any atom is -0.497 e. The smallest absolute Gasteiger partial charge is 0.329 e. The van der Waals surface area contributed by atoms with E-state index in [1.165, 1.54) is 11.4 Å². The minimum absolute atomic E-state index is 0.0288. The number of amides is 4. The second-order valence-corrected chi connectivity index (χ2v) is 8.57. The lowest BCUT2D eigenvalue weighted by Gasteiger charge is -2.35. The maximum absolute atomic E-state index is 12.8. The highest BCUT2D eigenvalue weighted by atomic mass is 16.5. The van der Waals surface area contributed by atoms with Gasteiger partial charge in [0.15, 0.2) is 0 Å². The Kier molecular flexibility index (Phi) is 6.69. The molecule has 2 fully saturated rings. The number of nitrogens with zero attached hydrogens (tertiary/aromatic N) is 4. The van der Waals surface area contributed by atoms with Crippen molar-refractivity contribution < 1.29 is 19.1 Å². The summed E-state index contributed by atoms with van der Waals surface area (Å²) < 4.78 is 7.43. The maximum Gasteiger partial charge on any atom is 0.329 e. The fourth-order valence-electron chi connectivity index (χ4n) is 4.46. The second-order valence-electron chi connectivity index (χ2n) is 8.57. The molecule has 4 rings (SSSR count). The molecule has 3 heterocycles. The quantitative estimate of drug-likeness (QED) is 0.646. The molecule has 0 unspecified atom stereocenters. The number of methoxy groups -OCH3 is 1. The molecule has 0 spiro atoms. The van der Waals surface area contributed by atoms with Crippen molar-refractivity contribution in [3.63, 3.8) is 0 Å². The van der Waals surface area contributed by atoms with Gasteiger partial charge < -0.3 is 19.5 Å². The molecule has 1 atom stereocenters. The van der Waals surface area contributed by atoms with E-state index in [1.807, 2.05) is 0 Å². The van der Waals surface area contributed by atoms with Crippen LogP contribution in [0.3, 0.4) is 0 Å². The lowest BCUT2D eigenvalue weighted by Crippen LogP contribution is -2.50. The molecule has 1 N–H and O–H groups in total. The summed E-state index contributed by atoms with van der Waals surface area (Å²) in [7, 11) is 1.55. The van der Waals surface area contributed by atoms with Gasteiger partial charge >= 0.3 is 6.03 Å². The minimum atomic E-state index is -0.843. The van der Waals surface area contributed by atoms with Crippen LogP contribution in [0.1, 0.15) is 17.8 Å². The van der Waals surface area contributed by atoms with E-state index in [0.29, 0.717) is 24.5 Å². The number of benzene rings is 1. The standard InChI is InChI=1S/C24H31N5O4/c1-17-4-5-18(2)28(17)15-12-26-10-13-27(14-11-26)22(30)16-21-23(31)29(24(32)25-21)19-6-8-20(33-3)9-7-19/h4-9,21H,10-16H2,1-3H3,(H,25,32)/t21-/m0/s1. The summed E-state index contributed by atoms with van der Waals surface area (Å²) in [4.78, 5) is 43.3. The van der Waals surface area contributed by atoms with Gasteiger partial charge in [-0.3, -0.25) is 14.5 Å². The van der Waals surface area contributed by atoms with Crippen molar-refractivity contribution in [1.82, 2.24) is 19.7 Å². The third-order valence-electron chi connectivity index (χ3n) is 6.51. The van der Waals surface area contributed by atoms with E-state index in [0.717, 1.165) is 31.1 Å². The number of anilines is 1. The predicted molar refractivity (Wildman–Crippen MR) is 124 cm³/mol.